The summed E-state index contributed by atoms with van der Waals surface area (Å²) < 4.78 is 5.81. The van der Waals surface area contributed by atoms with Crippen LogP contribution in [-0.4, -0.2) is 31.6 Å². The molecule has 1 aliphatic rings. The molecule has 3 aromatic carbocycles. The summed E-state index contributed by atoms with van der Waals surface area (Å²) in [4.78, 5) is 26.0. The highest BCUT2D eigenvalue weighted by Crippen LogP contribution is 2.18. The molecule has 6 heteroatoms. The van der Waals surface area contributed by atoms with Crippen LogP contribution in [0.2, 0.25) is 0 Å². The summed E-state index contributed by atoms with van der Waals surface area (Å²) in [7, 11) is 0. The van der Waals surface area contributed by atoms with E-state index in [1.54, 1.807) is 23.1 Å². The van der Waals surface area contributed by atoms with Crippen LogP contribution in [0, 0.1) is 0 Å². The minimum absolute atomic E-state index is 0.131. The number of carbonyl (C=O) groups excluding carboxylic acids is 2. The highest BCUT2D eigenvalue weighted by molar-refractivity contribution is 5.98. The lowest BCUT2D eigenvalue weighted by atomic mass is 10.1. The van der Waals surface area contributed by atoms with E-state index in [2.05, 4.69) is 10.6 Å². The van der Waals surface area contributed by atoms with Gasteiger partial charge in [0.15, 0.2) is 0 Å². The lowest BCUT2D eigenvalue weighted by Gasteiger charge is -2.15. The van der Waals surface area contributed by atoms with Crippen molar-refractivity contribution in [2.45, 2.75) is 13.0 Å². The smallest absolute Gasteiger partial charge is 0.321 e. The van der Waals surface area contributed by atoms with E-state index in [4.69, 9.17) is 4.74 Å². The minimum atomic E-state index is -0.149. The number of nitrogens with zero attached hydrogens (tertiary/aromatic N) is 1. The molecule has 0 aromatic heterocycles. The van der Waals surface area contributed by atoms with E-state index in [-0.39, 0.29) is 11.9 Å². The van der Waals surface area contributed by atoms with Gasteiger partial charge in [-0.3, -0.25) is 9.69 Å². The Morgan fingerprint density at radius 1 is 0.968 bits per heavy atom. The molecule has 1 heterocycles. The quantitative estimate of drug-likeness (QED) is 0.588. The van der Waals surface area contributed by atoms with E-state index in [9.17, 15) is 9.59 Å². The van der Waals surface area contributed by atoms with Gasteiger partial charge < -0.3 is 15.4 Å². The molecule has 3 aromatic rings. The number of urea groups is 1. The number of anilines is 1. The molecule has 0 saturated carbocycles. The van der Waals surface area contributed by atoms with Gasteiger partial charge in [-0.05, 0) is 47.9 Å². The summed E-state index contributed by atoms with van der Waals surface area (Å²) in [5, 5.41) is 5.72. The van der Waals surface area contributed by atoms with Crippen molar-refractivity contribution in [1.29, 1.82) is 0 Å². The second-order valence-electron chi connectivity index (χ2n) is 7.36. The van der Waals surface area contributed by atoms with Crippen molar-refractivity contribution >= 4 is 17.6 Å². The van der Waals surface area contributed by atoms with Crippen LogP contribution in [0.5, 0.6) is 5.75 Å². The molecule has 158 valence electrons. The van der Waals surface area contributed by atoms with Gasteiger partial charge in [-0.2, -0.15) is 0 Å². The van der Waals surface area contributed by atoms with E-state index in [0.717, 1.165) is 29.0 Å². The average Bonchev–Trinajstić information content (AvgIpc) is 3.25. The van der Waals surface area contributed by atoms with Gasteiger partial charge in [0.05, 0.1) is 0 Å². The maximum Gasteiger partial charge on any atom is 0.321 e. The van der Waals surface area contributed by atoms with Gasteiger partial charge in [0.2, 0.25) is 0 Å². The Bertz CT molecular complexity index is 1040. The van der Waals surface area contributed by atoms with Gasteiger partial charge in [0.1, 0.15) is 12.4 Å². The molecule has 6 nitrogen and oxygen atoms in total. The molecule has 0 radical (unpaired) electrons. The van der Waals surface area contributed by atoms with E-state index in [0.29, 0.717) is 31.8 Å². The topological polar surface area (TPSA) is 70.7 Å². The summed E-state index contributed by atoms with van der Waals surface area (Å²) in [5.74, 6) is 0.670. The second kappa shape index (κ2) is 9.80. The fourth-order valence-electron chi connectivity index (χ4n) is 3.45. The molecule has 0 aliphatic carbocycles. The third kappa shape index (κ3) is 5.42. The first-order valence-electron chi connectivity index (χ1n) is 10.4. The summed E-state index contributed by atoms with van der Waals surface area (Å²) >= 11 is 0. The lowest BCUT2D eigenvalue weighted by molar-refractivity contribution is 0.0954. The third-order valence-corrected chi connectivity index (χ3v) is 5.15. The van der Waals surface area contributed by atoms with Crippen molar-refractivity contribution in [3.8, 4) is 5.75 Å². The molecule has 31 heavy (non-hydrogen) atoms. The summed E-state index contributed by atoms with van der Waals surface area (Å²) in [6.45, 7) is 2.28. The number of benzene rings is 3. The first kappa shape index (κ1) is 20.5. The van der Waals surface area contributed by atoms with E-state index < -0.39 is 0 Å². The summed E-state index contributed by atoms with van der Waals surface area (Å²) in [6.07, 6.45) is 0.721. The van der Waals surface area contributed by atoms with Crippen LogP contribution >= 0.6 is 0 Å². The first-order chi connectivity index (χ1) is 15.2. The van der Waals surface area contributed by atoms with Crippen LogP contribution in [0.15, 0.2) is 78.9 Å². The standard InChI is InChI=1S/C25H25N3O3/c29-24(21-7-4-8-22(17-21)28-16-15-27-25(28)30)26-14-13-19-9-11-23(12-10-19)31-18-20-5-2-1-3-6-20/h1-12,17H,13-16,18H2,(H,26,29)(H,27,30). The number of ether oxygens (including phenoxy) is 1. The van der Waals surface area contributed by atoms with Crippen LogP contribution in [0.1, 0.15) is 21.5 Å². The number of carbonyl (C=O) groups is 2. The van der Waals surface area contributed by atoms with E-state index >= 15 is 0 Å². The van der Waals surface area contributed by atoms with Crippen molar-refractivity contribution in [3.63, 3.8) is 0 Å². The maximum atomic E-state index is 12.5. The maximum absolute atomic E-state index is 12.5. The Kier molecular flexibility index (Phi) is 6.47. The minimum Gasteiger partial charge on any atom is -0.489 e. The van der Waals surface area contributed by atoms with E-state index in [1.807, 2.05) is 60.7 Å². The Balaban J connectivity index is 1.25. The zero-order chi connectivity index (χ0) is 21.5. The fraction of sp³-hybridized carbons (Fsp3) is 0.200. The molecule has 1 fully saturated rings. The molecule has 4 rings (SSSR count). The largest absolute Gasteiger partial charge is 0.489 e. The molecule has 0 spiro atoms. The SMILES string of the molecule is O=C(NCCc1ccc(OCc2ccccc2)cc1)c1cccc(N2CCNC2=O)c1. The van der Waals surface area contributed by atoms with Crippen LogP contribution < -0.4 is 20.3 Å². The first-order valence-corrected chi connectivity index (χ1v) is 10.4. The van der Waals surface area contributed by atoms with Gasteiger partial charge >= 0.3 is 6.03 Å². The molecule has 3 amide bonds. The monoisotopic (exact) mass is 415 g/mol. The Hall–Kier alpha value is -3.80. The Morgan fingerprint density at radius 3 is 2.52 bits per heavy atom. The zero-order valence-electron chi connectivity index (χ0n) is 17.2. The molecule has 0 bridgehead atoms. The number of nitrogens with one attached hydrogen (secondary N) is 2. The van der Waals surface area contributed by atoms with Gasteiger partial charge in [-0.1, -0.05) is 48.5 Å². The Labute approximate surface area is 181 Å². The predicted octanol–water partition coefficient (Wildman–Crippen LogP) is 3.77. The van der Waals surface area contributed by atoms with Crippen molar-refractivity contribution < 1.29 is 14.3 Å². The summed E-state index contributed by atoms with van der Waals surface area (Å²) in [5.41, 5.74) is 3.52. The second-order valence-corrected chi connectivity index (χ2v) is 7.36. The van der Waals surface area contributed by atoms with Crippen molar-refractivity contribution in [3.05, 3.63) is 95.6 Å². The average molecular weight is 415 g/mol. The number of hydrogen-bond donors (Lipinski definition) is 2. The van der Waals surface area contributed by atoms with Gasteiger partial charge in [0.25, 0.3) is 5.91 Å². The van der Waals surface area contributed by atoms with Crippen LogP contribution in [-0.2, 0) is 13.0 Å². The van der Waals surface area contributed by atoms with Crippen molar-refractivity contribution in [1.82, 2.24) is 10.6 Å². The highest BCUT2D eigenvalue weighted by atomic mass is 16.5. The number of hydrogen-bond acceptors (Lipinski definition) is 3. The molecule has 0 unspecified atom stereocenters. The van der Waals surface area contributed by atoms with Gasteiger partial charge in [-0.15, -0.1) is 0 Å². The summed E-state index contributed by atoms with van der Waals surface area (Å²) in [6, 6.07) is 25.0. The van der Waals surface area contributed by atoms with Crippen LogP contribution in [0.25, 0.3) is 0 Å². The normalized spacial score (nSPS) is 13.0. The lowest BCUT2D eigenvalue weighted by Crippen LogP contribution is -2.29. The van der Waals surface area contributed by atoms with Gasteiger partial charge in [0, 0.05) is 30.9 Å². The number of rotatable bonds is 8. The molecule has 0 atom stereocenters. The predicted molar refractivity (Wildman–Crippen MR) is 120 cm³/mol. The zero-order valence-corrected chi connectivity index (χ0v) is 17.2. The van der Waals surface area contributed by atoms with Crippen molar-refractivity contribution in [2.75, 3.05) is 24.5 Å². The molecule has 2 N–H and O–H groups in total. The van der Waals surface area contributed by atoms with Crippen LogP contribution in [0.4, 0.5) is 10.5 Å². The highest BCUT2D eigenvalue weighted by Gasteiger charge is 2.21. The number of amides is 3. The fourth-order valence-corrected chi connectivity index (χ4v) is 3.45. The van der Waals surface area contributed by atoms with Crippen molar-refractivity contribution in [2.24, 2.45) is 0 Å². The van der Waals surface area contributed by atoms with Gasteiger partial charge in [-0.25, -0.2) is 4.79 Å². The third-order valence-electron chi connectivity index (χ3n) is 5.15. The molecule has 1 saturated heterocycles. The molecular weight excluding hydrogens is 390 g/mol. The molecular formula is C25H25N3O3. The molecule has 1 aliphatic heterocycles. The van der Waals surface area contributed by atoms with Crippen LogP contribution in [0.3, 0.4) is 0 Å². The van der Waals surface area contributed by atoms with E-state index in [1.165, 1.54) is 0 Å². The Morgan fingerprint density at radius 2 is 1.77 bits per heavy atom.